The van der Waals surface area contributed by atoms with Gasteiger partial charge in [-0.1, -0.05) is 26.7 Å². The lowest BCUT2D eigenvalue weighted by Crippen LogP contribution is -2.38. The Bertz CT molecular complexity index is 165. The maximum Gasteiger partial charge on any atom is 0.0692 e. The van der Waals surface area contributed by atoms with E-state index in [1.807, 2.05) is 0 Å². The van der Waals surface area contributed by atoms with Crippen molar-refractivity contribution in [3.05, 3.63) is 0 Å². The molecule has 16 heavy (non-hydrogen) atoms. The quantitative estimate of drug-likeness (QED) is 0.617. The van der Waals surface area contributed by atoms with Gasteiger partial charge in [-0.2, -0.15) is 0 Å². The van der Waals surface area contributed by atoms with Crippen LogP contribution in [0.2, 0.25) is 0 Å². The molecular formula is C13H28N2O. The van der Waals surface area contributed by atoms with Crippen molar-refractivity contribution in [3.63, 3.8) is 0 Å². The van der Waals surface area contributed by atoms with Crippen LogP contribution >= 0.6 is 0 Å². The second-order valence-corrected chi connectivity index (χ2v) is 5.00. The molecule has 0 spiro atoms. The van der Waals surface area contributed by atoms with Gasteiger partial charge in [0.1, 0.15) is 0 Å². The van der Waals surface area contributed by atoms with Crippen LogP contribution in [0, 0.1) is 11.8 Å². The first-order valence-electron chi connectivity index (χ1n) is 6.87. The summed E-state index contributed by atoms with van der Waals surface area (Å²) in [4.78, 5) is 0. The predicted molar refractivity (Wildman–Crippen MR) is 68.5 cm³/mol. The minimum atomic E-state index is -0.170. The minimum Gasteiger partial charge on any atom is -0.392 e. The Morgan fingerprint density at radius 2 is 1.88 bits per heavy atom. The fourth-order valence-corrected chi connectivity index (χ4v) is 2.52. The van der Waals surface area contributed by atoms with E-state index in [9.17, 15) is 5.11 Å². The van der Waals surface area contributed by atoms with Crippen LogP contribution in [0.4, 0.5) is 0 Å². The Hall–Kier alpha value is -0.120. The largest absolute Gasteiger partial charge is 0.392 e. The summed E-state index contributed by atoms with van der Waals surface area (Å²) in [5.74, 6) is 1.26. The average Bonchev–Trinajstić information content (AvgIpc) is 2.32. The summed E-state index contributed by atoms with van der Waals surface area (Å²) in [6.07, 6.45) is 4.53. The van der Waals surface area contributed by atoms with Gasteiger partial charge in [0.15, 0.2) is 0 Å². The molecule has 1 rings (SSSR count). The SMILES string of the molecule is CCC(CC)C(O)CNCC1CCNCC1. The van der Waals surface area contributed by atoms with Gasteiger partial charge in [0.2, 0.25) is 0 Å². The number of piperidine rings is 1. The molecule has 1 heterocycles. The highest BCUT2D eigenvalue weighted by molar-refractivity contribution is 4.73. The van der Waals surface area contributed by atoms with Gasteiger partial charge in [0, 0.05) is 6.54 Å². The van der Waals surface area contributed by atoms with Gasteiger partial charge in [-0.05, 0) is 44.3 Å². The van der Waals surface area contributed by atoms with Crippen molar-refractivity contribution in [2.75, 3.05) is 26.2 Å². The summed E-state index contributed by atoms with van der Waals surface area (Å²) < 4.78 is 0. The monoisotopic (exact) mass is 228 g/mol. The number of aliphatic hydroxyl groups excluding tert-OH is 1. The summed E-state index contributed by atoms with van der Waals surface area (Å²) in [6, 6.07) is 0. The van der Waals surface area contributed by atoms with E-state index in [-0.39, 0.29) is 6.10 Å². The van der Waals surface area contributed by atoms with Crippen molar-refractivity contribution in [1.82, 2.24) is 10.6 Å². The molecule has 0 aromatic rings. The van der Waals surface area contributed by atoms with Crippen LogP contribution in [0.15, 0.2) is 0 Å². The van der Waals surface area contributed by atoms with Crippen molar-refractivity contribution in [2.24, 2.45) is 11.8 Å². The molecule has 0 bridgehead atoms. The Morgan fingerprint density at radius 3 is 2.44 bits per heavy atom. The lowest BCUT2D eigenvalue weighted by Gasteiger charge is -2.25. The molecule has 96 valence electrons. The predicted octanol–water partition coefficient (Wildman–Crippen LogP) is 1.37. The molecule has 0 aromatic carbocycles. The number of hydrogen-bond acceptors (Lipinski definition) is 3. The Labute approximate surface area is 100 Å². The van der Waals surface area contributed by atoms with Crippen LogP contribution in [0.5, 0.6) is 0 Å². The van der Waals surface area contributed by atoms with Crippen LogP contribution < -0.4 is 10.6 Å². The first kappa shape index (κ1) is 13.9. The number of hydrogen-bond donors (Lipinski definition) is 3. The van der Waals surface area contributed by atoms with Crippen molar-refractivity contribution >= 4 is 0 Å². The van der Waals surface area contributed by atoms with E-state index in [1.165, 1.54) is 12.8 Å². The van der Waals surface area contributed by atoms with E-state index < -0.39 is 0 Å². The van der Waals surface area contributed by atoms with E-state index in [0.717, 1.165) is 44.9 Å². The molecular weight excluding hydrogens is 200 g/mol. The molecule has 0 radical (unpaired) electrons. The molecule has 1 unspecified atom stereocenters. The van der Waals surface area contributed by atoms with E-state index >= 15 is 0 Å². The standard InChI is InChI=1S/C13H28N2O/c1-3-12(4-2)13(16)10-15-9-11-5-7-14-8-6-11/h11-16H,3-10H2,1-2H3. The van der Waals surface area contributed by atoms with Crippen LogP contribution in [0.25, 0.3) is 0 Å². The van der Waals surface area contributed by atoms with Crippen LogP contribution in [-0.2, 0) is 0 Å². The smallest absolute Gasteiger partial charge is 0.0692 e. The van der Waals surface area contributed by atoms with Crippen LogP contribution in [0.1, 0.15) is 39.5 Å². The van der Waals surface area contributed by atoms with E-state index in [2.05, 4.69) is 24.5 Å². The van der Waals surface area contributed by atoms with Gasteiger partial charge in [0.25, 0.3) is 0 Å². The van der Waals surface area contributed by atoms with Gasteiger partial charge in [-0.3, -0.25) is 0 Å². The van der Waals surface area contributed by atoms with Crippen molar-refractivity contribution in [3.8, 4) is 0 Å². The lowest BCUT2D eigenvalue weighted by atomic mass is 9.95. The zero-order valence-corrected chi connectivity index (χ0v) is 10.8. The topological polar surface area (TPSA) is 44.3 Å². The van der Waals surface area contributed by atoms with Gasteiger partial charge in [-0.25, -0.2) is 0 Å². The highest BCUT2D eigenvalue weighted by atomic mass is 16.3. The highest BCUT2D eigenvalue weighted by Gasteiger charge is 2.16. The fraction of sp³-hybridized carbons (Fsp3) is 1.00. The van der Waals surface area contributed by atoms with Gasteiger partial charge >= 0.3 is 0 Å². The summed E-state index contributed by atoms with van der Waals surface area (Å²) in [6.45, 7) is 8.45. The molecule has 1 atom stereocenters. The summed E-state index contributed by atoms with van der Waals surface area (Å²) >= 11 is 0. The fourth-order valence-electron chi connectivity index (χ4n) is 2.52. The van der Waals surface area contributed by atoms with Gasteiger partial charge in [0.05, 0.1) is 6.10 Å². The van der Waals surface area contributed by atoms with E-state index in [4.69, 9.17) is 0 Å². The second-order valence-electron chi connectivity index (χ2n) is 5.00. The van der Waals surface area contributed by atoms with Crippen LogP contribution in [-0.4, -0.2) is 37.4 Å². The summed E-state index contributed by atoms with van der Waals surface area (Å²) in [5, 5.41) is 16.8. The van der Waals surface area contributed by atoms with Crippen molar-refractivity contribution < 1.29 is 5.11 Å². The maximum absolute atomic E-state index is 9.96. The third kappa shape index (κ3) is 4.81. The minimum absolute atomic E-state index is 0.170. The van der Waals surface area contributed by atoms with Crippen molar-refractivity contribution in [2.45, 2.75) is 45.6 Å². The molecule has 1 fully saturated rings. The molecule has 1 saturated heterocycles. The molecule has 0 amide bonds. The number of nitrogens with one attached hydrogen (secondary N) is 2. The third-order valence-corrected chi connectivity index (χ3v) is 3.84. The third-order valence-electron chi connectivity index (χ3n) is 3.84. The van der Waals surface area contributed by atoms with Gasteiger partial charge < -0.3 is 15.7 Å². The zero-order valence-electron chi connectivity index (χ0n) is 10.8. The number of rotatable bonds is 7. The summed E-state index contributed by atoms with van der Waals surface area (Å²) in [7, 11) is 0. The maximum atomic E-state index is 9.96. The first-order chi connectivity index (χ1) is 7.77. The zero-order chi connectivity index (χ0) is 11.8. The average molecular weight is 228 g/mol. The first-order valence-corrected chi connectivity index (χ1v) is 6.87. The molecule has 0 aromatic heterocycles. The van der Waals surface area contributed by atoms with E-state index in [1.54, 1.807) is 0 Å². The summed E-state index contributed by atoms with van der Waals surface area (Å²) in [5.41, 5.74) is 0. The lowest BCUT2D eigenvalue weighted by molar-refractivity contribution is 0.0998. The molecule has 0 aliphatic carbocycles. The Morgan fingerprint density at radius 1 is 1.25 bits per heavy atom. The van der Waals surface area contributed by atoms with Crippen molar-refractivity contribution in [1.29, 1.82) is 0 Å². The Balaban J connectivity index is 2.09. The molecule has 3 nitrogen and oxygen atoms in total. The molecule has 0 saturated carbocycles. The second kappa shape index (κ2) is 8.04. The Kier molecular flexibility index (Phi) is 7.01. The molecule has 3 N–H and O–H groups in total. The number of aliphatic hydroxyl groups is 1. The molecule has 1 aliphatic heterocycles. The molecule has 3 heteroatoms. The van der Waals surface area contributed by atoms with Crippen LogP contribution in [0.3, 0.4) is 0 Å². The van der Waals surface area contributed by atoms with Gasteiger partial charge in [-0.15, -0.1) is 0 Å². The molecule has 1 aliphatic rings. The van der Waals surface area contributed by atoms with E-state index in [0.29, 0.717) is 5.92 Å². The highest BCUT2D eigenvalue weighted by Crippen LogP contribution is 2.13. The normalized spacial score (nSPS) is 20.2.